The maximum atomic E-state index is 9.87. The Bertz CT molecular complexity index is 117. The van der Waals surface area contributed by atoms with Gasteiger partial charge in [-0.1, -0.05) is 6.42 Å². The predicted octanol–water partition coefficient (Wildman–Crippen LogP) is 0.134. The highest BCUT2D eigenvalue weighted by Crippen LogP contribution is 2.03. The van der Waals surface area contributed by atoms with E-state index in [-0.39, 0.29) is 13.0 Å². The van der Waals surface area contributed by atoms with E-state index in [2.05, 4.69) is 0 Å². The van der Waals surface area contributed by atoms with Gasteiger partial charge >= 0.3 is 6.23 Å². The van der Waals surface area contributed by atoms with Crippen LogP contribution in [0.5, 0.6) is 0 Å². The van der Waals surface area contributed by atoms with E-state index in [0.717, 1.165) is 6.42 Å². The molecule has 11 heavy (non-hydrogen) atoms. The lowest BCUT2D eigenvalue weighted by Crippen LogP contribution is -2.17. The molecule has 5 heteroatoms. The van der Waals surface area contributed by atoms with E-state index < -0.39 is 11.2 Å². The van der Waals surface area contributed by atoms with Gasteiger partial charge in [0.25, 0.3) is 0 Å². The second kappa shape index (κ2) is 6.06. The maximum absolute atomic E-state index is 9.87. The van der Waals surface area contributed by atoms with Crippen molar-refractivity contribution in [2.24, 2.45) is 0 Å². The lowest BCUT2D eigenvalue weighted by molar-refractivity contribution is -0.571. The molecule has 0 heterocycles. The van der Waals surface area contributed by atoms with Crippen molar-refractivity contribution < 1.29 is 15.1 Å². The summed E-state index contributed by atoms with van der Waals surface area (Å²) in [5, 5.41) is 26.9. The fraction of sp³-hybridized carbons (Fsp3) is 1.00. The SMILES string of the molecule is O=[N+]([O-])C(O)CCCCCO. The molecule has 0 spiro atoms. The number of hydrogen-bond donors (Lipinski definition) is 2. The Morgan fingerprint density at radius 1 is 1.36 bits per heavy atom. The van der Waals surface area contributed by atoms with Crippen LogP contribution in [0.15, 0.2) is 0 Å². The molecule has 0 amide bonds. The van der Waals surface area contributed by atoms with E-state index in [1.54, 1.807) is 0 Å². The quantitative estimate of drug-likeness (QED) is 0.252. The highest BCUT2D eigenvalue weighted by Gasteiger charge is 2.13. The van der Waals surface area contributed by atoms with Crippen molar-refractivity contribution in [3.63, 3.8) is 0 Å². The van der Waals surface area contributed by atoms with Gasteiger partial charge in [-0.05, 0) is 12.8 Å². The normalized spacial score (nSPS) is 12.9. The summed E-state index contributed by atoms with van der Waals surface area (Å²) >= 11 is 0. The van der Waals surface area contributed by atoms with E-state index in [1.165, 1.54) is 0 Å². The predicted molar refractivity (Wildman–Crippen MR) is 38.6 cm³/mol. The molecule has 0 bridgehead atoms. The number of unbranched alkanes of at least 4 members (excludes halogenated alkanes) is 2. The Labute approximate surface area is 64.8 Å². The van der Waals surface area contributed by atoms with E-state index in [4.69, 9.17) is 10.2 Å². The minimum atomic E-state index is -1.44. The van der Waals surface area contributed by atoms with Gasteiger partial charge in [0.1, 0.15) is 0 Å². The molecule has 1 unspecified atom stereocenters. The third-order valence-electron chi connectivity index (χ3n) is 1.36. The van der Waals surface area contributed by atoms with Gasteiger partial charge in [-0.25, -0.2) is 0 Å². The van der Waals surface area contributed by atoms with Crippen molar-refractivity contribution in [2.75, 3.05) is 6.61 Å². The van der Waals surface area contributed by atoms with Crippen LogP contribution in [0, 0.1) is 10.1 Å². The number of aliphatic hydroxyl groups excluding tert-OH is 2. The Kier molecular flexibility index (Phi) is 5.68. The van der Waals surface area contributed by atoms with Crippen LogP contribution in [0.2, 0.25) is 0 Å². The maximum Gasteiger partial charge on any atom is 0.312 e. The summed E-state index contributed by atoms with van der Waals surface area (Å²) in [6, 6.07) is 0. The van der Waals surface area contributed by atoms with Crippen molar-refractivity contribution in [2.45, 2.75) is 31.9 Å². The van der Waals surface area contributed by atoms with Gasteiger partial charge in [0.15, 0.2) is 0 Å². The molecule has 0 aliphatic carbocycles. The van der Waals surface area contributed by atoms with E-state index in [9.17, 15) is 10.1 Å². The molecule has 2 N–H and O–H groups in total. The van der Waals surface area contributed by atoms with Crippen molar-refractivity contribution in [3.8, 4) is 0 Å². The molecular formula is C6H13NO4. The van der Waals surface area contributed by atoms with Crippen molar-refractivity contribution in [3.05, 3.63) is 10.1 Å². The average molecular weight is 163 g/mol. The molecule has 5 nitrogen and oxygen atoms in total. The van der Waals surface area contributed by atoms with Crippen molar-refractivity contribution in [1.82, 2.24) is 0 Å². The number of nitro groups is 1. The molecule has 0 aliphatic heterocycles. The second-order valence-electron chi connectivity index (χ2n) is 2.34. The first-order valence-electron chi connectivity index (χ1n) is 3.61. The number of aliphatic hydroxyl groups is 2. The first-order chi connectivity index (χ1) is 5.18. The van der Waals surface area contributed by atoms with E-state index >= 15 is 0 Å². The van der Waals surface area contributed by atoms with Crippen LogP contribution in [0.3, 0.4) is 0 Å². The number of nitrogens with zero attached hydrogens (tertiary/aromatic N) is 1. The lowest BCUT2D eigenvalue weighted by Gasteiger charge is -2.00. The van der Waals surface area contributed by atoms with E-state index in [0.29, 0.717) is 12.8 Å². The summed E-state index contributed by atoms with van der Waals surface area (Å²) in [7, 11) is 0. The Morgan fingerprint density at radius 2 is 2.00 bits per heavy atom. The van der Waals surface area contributed by atoms with Crippen molar-refractivity contribution in [1.29, 1.82) is 0 Å². The fourth-order valence-electron chi connectivity index (χ4n) is 0.721. The molecule has 1 atom stereocenters. The van der Waals surface area contributed by atoms with Gasteiger partial charge in [-0.2, -0.15) is 0 Å². The zero-order valence-electron chi connectivity index (χ0n) is 6.27. The molecule has 0 radical (unpaired) electrons. The first-order valence-corrected chi connectivity index (χ1v) is 3.61. The van der Waals surface area contributed by atoms with Gasteiger partial charge in [-0.3, -0.25) is 10.1 Å². The molecule has 0 aromatic rings. The third-order valence-corrected chi connectivity index (χ3v) is 1.36. The van der Waals surface area contributed by atoms with Crippen LogP contribution >= 0.6 is 0 Å². The monoisotopic (exact) mass is 163 g/mol. The zero-order chi connectivity index (χ0) is 8.69. The Balaban J connectivity index is 3.17. The van der Waals surface area contributed by atoms with Crippen LogP contribution in [-0.2, 0) is 0 Å². The Hall–Kier alpha value is -0.680. The zero-order valence-corrected chi connectivity index (χ0v) is 6.27. The van der Waals surface area contributed by atoms with Gasteiger partial charge in [-0.15, -0.1) is 0 Å². The molecule has 0 fully saturated rings. The second-order valence-corrected chi connectivity index (χ2v) is 2.34. The van der Waals surface area contributed by atoms with Crippen LogP contribution in [0.1, 0.15) is 25.7 Å². The van der Waals surface area contributed by atoms with Crippen LogP contribution in [-0.4, -0.2) is 28.0 Å². The topological polar surface area (TPSA) is 83.6 Å². The number of rotatable bonds is 6. The Morgan fingerprint density at radius 3 is 2.45 bits per heavy atom. The molecule has 0 saturated heterocycles. The summed E-state index contributed by atoms with van der Waals surface area (Å²) in [5.41, 5.74) is 0. The smallest absolute Gasteiger partial charge is 0.312 e. The molecular weight excluding hydrogens is 150 g/mol. The lowest BCUT2D eigenvalue weighted by atomic mass is 10.2. The summed E-state index contributed by atoms with van der Waals surface area (Å²) in [6.07, 6.45) is 0.690. The molecule has 0 aliphatic rings. The largest absolute Gasteiger partial charge is 0.396 e. The van der Waals surface area contributed by atoms with Gasteiger partial charge in [0.2, 0.25) is 0 Å². The standard InChI is InChI=1S/C6H13NO4/c8-5-3-1-2-4-6(9)7(10)11/h6,8-9H,1-5H2. The average Bonchev–Trinajstić information content (AvgIpc) is 1.97. The van der Waals surface area contributed by atoms with Gasteiger partial charge in [0.05, 0.1) is 4.92 Å². The minimum Gasteiger partial charge on any atom is -0.396 e. The summed E-state index contributed by atoms with van der Waals surface area (Å²) < 4.78 is 0. The summed E-state index contributed by atoms with van der Waals surface area (Å²) in [5.74, 6) is 0. The van der Waals surface area contributed by atoms with Crippen LogP contribution < -0.4 is 0 Å². The van der Waals surface area contributed by atoms with E-state index in [1.807, 2.05) is 0 Å². The third kappa shape index (κ3) is 5.75. The highest BCUT2D eigenvalue weighted by molar-refractivity contribution is 4.44. The number of hydrogen-bond acceptors (Lipinski definition) is 4. The molecule has 0 aromatic heterocycles. The molecule has 0 saturated carbocycles. The first kappa shape index (κ1) is 10.3. The summed E-state index contributed by atoms with van der Waals surface area (Å²) in [6.45, 7) is 0.106. The molecule has 66 valence electrons. The van der Waals surface area contributed by atoms with Crippen LogP contribution in [0.4, 0.5) is 0 Å². The molecule has 0 rings (SSSR count). The minimum absolute atomic E-state index is 0.106. The van der Waals surface area contributed by atoms with Gasteiger partial charge < -0.3 is 10.2 Å². The molecule has 0 aromatic carbocycles. The fourth-order valence-corrected chi connectivity index (χ4v) is 0.721. The highest BCUT2D eigenvalue weighted by atomic mass is 16.7. The van der Waals surface area contributed by atoms with Crippen LogP contribution in [0.25, 0.3) is 0 Å². The van der Waals surface area contributed by atoms with Gasteiger partial charge in [0, 0.05) is 13.0 Å². The summed E-state index contributed by atoms with van der Waals surface area (Å²) in [4.78, 5) is 9.16. The van der Waals surface area contributed by atoms with Crippen molar-refractivity contribution >= 4 is 0 Å².